The molecule has 262 valence electrons. The van der Waals surface area contributed by atoms with Gasteiger partial charge in [0.1, 0.15) is 18.0 Å². The van der Waals surface area contributed by atoms with E-state index in [1.54, 1.807) is 52.1 Å². The van der Waals surface area contributed by atoms with Gasteiger partial charge in [0.2, 0.25) is 0 Å². The van der Waals surface area contributed by atoms with E-state index < -0.39 is 46.5 Å². The van der Waals surface area contributed by atoms with Crippen LogP contribution in [-0.4, -0.2) is 68.5 Å². The first-order chi connectivity index (χ1) is 25.1. The van der Waals surface area contributed by atoms with Crippen LogP contribution in [0.5, 0.6) is 0 Å². The van der Waals surface area contributed by atoms with Crippen molar-refractivity contribution in [2.75, 3.05) is 10.6 Å². The minimum absolute atomic E-state index is 0.0874. The third-order valence-electron chi connectivity index (χ3n) is 7.88. The first kappa shape index (κ1) is 34.7. The maximum Gasteiger partial charge on any atom is 0.337 e. The zero-order valence-electron chi connectivity index (χ0n) is 26.9. The highest BCUT2D eigenvalue weighted by Gasteiger charge is 2.21. The number of anilines is 2. The van der Waals surface area contributed by atoms with E-state index in [-0.39, 0.29) is 46.7 Å². The van der Waals surface area contributed by atoms with Crippen LogP contribution >= 0.6 is 0 Å². The second kappa shape index (κ2) is 15.2. The van der Waals surface area contributed by atoms with E-state index in [1.807, 2.05) is 0 Å². The first-order valence-electron chi connectivity index (χ1n) is 15.6. The fourth-order valence-electron chi connectivity index (χ4n) is 5.23. The van der Waals surface area contributed by atoms with Gasteiger partial charge in [0, 0.05) is 24.8 Å². The number of aromatic carboxylic acids is 2. The van der Waals surface area contributed by atoms with Crippen molar-refractivity contribution in [3.63, 3.8) is 0 Å². The molecule has 4 aromatic heterocycles. The summed E-state index contributed by atoms with van der Waals surface area (Å²) in [5.41, 5.74) is -1.27. The van der Waals surface area contributed by atoms with E-state index in [0.29, 0.717) is 24.5 Å². The molecule has 52 heavy (non-hydrogen) atoms. The zero-order chi connectivity index (χ0) is 36.8. The quantitative estimate of drug-likeness (QED) is 0.118. The molecule has 0 aliphatic heterocycles. The van der Waals surface area contributed by atoms with Crippen LogP contribution < -0.4 is 10.6 Å². The van der Waals surface area contributed by atoms with Crippen LogP contribution in [0, 0.1) is 11.6 Å². The van der Waals surface area contributed by atoms with Gasteiger partial charge < -0.3 is 25.4 Å². The molecule has 0 saturated carbocycles. The molecule has 0 aliphatic rings. The third kappa shape index (κ3) is 7.83. The Bertz CT molecular complexity index is 2100. The predicted octanol–water partition coefficient (Wildman–Crippen LogP) is 4.99. The maximum atomic E-state index is 15.0. The van der Waals surface area contributed by atoms with E-state index in [0.717, 1.165) is 12.1 Å². The number of carboxylic acid groups (broad SMARTS) is 2. The molecule has 6 aromatic rings. The monoisotopic (exact) mass is 707 g/mol. The second-order valence-corrected chi connectivity index (χ2v) is 11.3. The summed E-state index contributed by atoms with van der Waals surface area (Å²) < 4.78 is 33.3. The normalized spacial score (nSPS) is 10.9. The van der Waals surface area contributed by atoms with E-state index >= 15 is 4.39 Å². The average Bonchev–Trinajstić information content (AvgIpc) is 3.88. The number of rotatable bonds is 13. The fraction of sp³-hybridized carbons (Fsp3) is 0.114. The van der Waals surface area contributed by atoms with Crippen LogP contribution in [0.3, 0.4) is 0 Å². The van der Waals surface area contributed by atoms with E-state index in [1.165, 1.54) is 36.7 Å². The molecule has 4 N–H and O–H groups in total. The van der Waals surface area contributed by atoms with Crippen molar-refractivity contribution < 1.29 is 38.2 Å². The van der Waals surface area contributed by atoms with Gasteiger partial charge in [-0.2, -0.15) is 0 Å². The van der Waals surface area contributed by atoms with Gasteiger partial charge in [-0.3, -0.25) is 14.2 Å². The molecule has 0 bridgehead atoms. The van der Waals surface area contributed by atoms with Crippen LogP contribution in [-0.2, 0) is 12.8 Å². The number of nitrogens with zero attached hydrogens (tertiary/aromatic N) is 7. The number of imidazole rings is 1. The molecule has 2 aromatic carbocycles. The van der Waals surface area contributed by atoms with Gasteiger partial charge in [-0.15, -0.1) is 20.4 Å². The molecule has 0 radical (unpaired) electrons. The molecule has 17 heteroatoms. The number of aromatic nitrogens is 7. The molecule has 0 fully saturated rings. The molecule has 6 rings (SSSR count). The molecule has 0 unspecified atom stereocenters. The Morgan fingerprint density at radius 1 is 0.635 bits per heavy atom. The van der Waals surface area contributed by atoms with Crippen molar-refractivity contribution in [3.8, 4) is 11.6 Å². The Morgan fingerprint density at radius 3 is 1.52 bits per heavy atom. The minimum Gasteiger partial charge on any atom is -0.478 e. The van der Waals surface area contributed by atoms with Crippen LogP contribution in [0.15, 0.2) is 91.8 Å². The van der Waals surface area contributed by atoms with Gasteiger partial charge in [0.05, 0.1) is 22.5 Å². The van der Waals surface area contributed by atoms with Crippen molar-refractivity contribution in [3.05, 3.63) is 137 Å². The number of amides is 2. The average molecular weight is 708 g/mol. The summed E-state index contributed by atoms with van der Waals surface area (Å²) in [6.45, 7) is 0. The highest BCUT2D eigenvalue weighted by atomic mass is 19.1. The van der Waals surface area contributed by atoms with Gasteiger partial charge in [-0.05, 0) is 97.5 Å². The van der Waals surface area contributed by atoms with Crippen LogP contribution in [0.2, 0.25) is 0 Å². The lowest BCUT2D eigenvalue weighted by Gasteiger charge is -2.13. The number of carbonyl (C=O) groups is 4. The number of aryl methyl sites for hydroxylation is 2. The number of carbonyl (C=O) groups excluding carboxylic acids is 2. The number of nitrogens with one attached hydrogen (secondary N) is 2. The van der Waals surface area contributed by atoms with Crippen molar-refractivity contribution in [2.24, 2.45) is 0 Å². The highest BCUT2D eigenvalue weighted by Crippen LogP contribution is 2.26. The van der Waals surface area contributed by atoms with E-state index in [2.05, 4.69) is 36.0 Å². The molecule has 0 spiro atoms. The van der Waals surface area contributed by atoms with Crippen molar-refractivity contribution in [1.82, 2.24) is 34.5 Å². The number of benzene rings is 2. The molecule has 0 saturated heterocycles. The summed E-state index contributed by atoms with van der Waals surface area (Å²) >= 11 is 0. The number of hydrogen-bond acceptors (Lipinski definition) is 9. The Kier molecular flexibility index (Phi) is 10.1. The maximum absolute atomic E-state index is 15.0. The van der Waals surface area contributed by atoms with E-state index in [9.17, 15) is 33.8 Å². The molecule has 0 atom stereocenters. The minimum atomic E-state index is -1.47. The number of unbranched alkanes of at least 4 members (excludes halogenated alkanes) is 1. The van der Waals surface area contributed by atoms with Crippen molar-refractivity contribution in [2.45, 2.75) is 25.7 Å². The number of carboxylic acids is 2. The molecular weight excluding hydrogens is 680 g/mol. The van der Waals surface area contributed by atoms with Gasteiger partial charge in [-0.25, -0.2) is 23.4 Å². The highest BCUT2D eigenvalue weighted by molar-refractivity contribution is 6.07. The third-order valence-corrected chi connectivity index (χ3v) is 7.88. The molecule has 2 amide bonds. The topological polar surface area (TPSA) is 207 Å². The second-order valence-electron chi connectivity index (χ2n) is 11.3. The Morgan fingerprint density at radius 2 is 1.12 bits per heavy atom. The summed E-state index contributed by atoms with van der Waals surface area (Å²) in [4.78, 5) is 53.5. The predicted molar refractivity (Wildman–Crippen MR) is 180 cm³/mol. The fourth-order valence-corrected chi connectivity index (χ4v) is 5.23. The SMILES string of the molecule is O=C(Nc1cc(CCCCc2cc(NC(=O)c3ccc(-n4ccnc4)nn3)c(C(=O)O)cc2F)c(F)cc1C(=O)O)c1ccc(-n2cccc2)nn1. The van der Waals surface area contributed by atoms with Crippen LogP contribution in [0.1, 0.15) is 65.7 Å². The summed E-state index contributed by atoms with van der Waals surface area (Å²) in [6.07, 6.45) is 8.92. The van der Waals surface area contributed by atoms with Gasteiger partial charge >= 0.3 is 11.9 Å². The number of halogens is 2. The summed E-state index contributed by atoms with van der Waals surface area (Å²) in [5.74, 6) is -5.22. The van der Waals surface area contributed by atoms with Crippen molar-refractivity contribution >= 4 is 35.1 Å². The standard InChI is InChI=1S/C35H27F2N9O6/c36-24-17-22(34(49)50)28(39-32(47)26-7-9-30(43-41-26)45-12-3-4-13-45)15-20(24)5-1-2-6-21-16-29(23(35(51)52)18-25(21)37)40-33(48)27-8-10-31(44-42-27)46-14-11-38-19-46/h3-4,7-19H,1-2,5-6H2,(H,39,47)(H,40,48)(H,49,50)(H,51,52). The molecular formula is C35H27F2N9O6. The zero-order valence-corrected chi connectivity index (χ0v) is 26.9. The van der Waals surface area contributed by atoms with Gasteiger partial charge in [0.15, 0.2) is 23.0 Å². The lowest BCUT2D eigenvalue weighted by molar-refractivity contribution is 0.0686. The number of hydrogen-bond donors (Lipinski definition) is 4. The first-order valence-corrected chi connectivity index (χ1v) is 15.6. The Balaban J connectivity index is 1.11. The molecule has 0 aliphatic carbocycles. The van der Waals surface area contributed by atoms with E-state index in [4.69, 9.17) is 0 Å². The Labute approximate surface area is 292 Å². The van der Waals surface area contributed by atoms with Crippen molar-refractivity contribution in [1.29, 1.82) is 0 Å². The lowest BCUT2D eigenvalue weighted by Crippen LogP contribution is -2.18. The summed E-state index contributed by atoms with van der Waals surface area (Å²) in [7, 11) is 0. The van der Waals surface area contributed by atoms with Crippen LogP contribution in [0.4, 0.5) is 20.2 Å². The molecule has 4 heterocycles. The Hall–Kier alpha value is -7.17. The van der Waals surface area contributed by atoms with Gasteiger partial charge in [0.25, 0.3) is 11.8 Å². The largest absolute Gasteiger partial charge is 0.478 e. The van der Waals surface area contributed by atoms with Gasteiger partial charge in [-0.1, -0.05) is 0 Å². The van der Waals surface area contributed by atoms with Crippen LogP contribution in [0.25, 0.3) is 11.6 Å². The summed E-state index contributed by atoms with van der Waals surface area (Å²) in [6, 6.07) is 13.5. The molecule has 15 nitrogen and oxygen atoms in total. The smallest absolute Gasteiger partial charge is 0.337 e. The summed E-state index contributed by atoms with van der Waals surface area (Å²) in [5, 5.41) is 40.0. The lowest BCUT2D eigenvalue weighted by atomic mass is 9.99.